The van der Waals surface area contributed by atoms with Crippen molar-refractivity contribution in [1.82, 2.24) is 0 Å². The van der Waals surface area contributed by atoms with Gasteiger partial charge in [-0.15, -0.1) is 0 Å². The summed E-state index contributed by atoms with van der Waals surface area (Å²) in [5.74, 6) is -2.01. The van der Waals surface area contributed by atoms with Crippen molar-refractivity contribution in [3.63, 3.8) is 0 Å². The SMILES string of the molecule is O=C1C(=O)N(Cc2c(Cl)cccc2Cl)c2ccc(F)cc21. The van der Waals surface area contributed by atoms with Crippen LogP contribution in [0.5, 0.6) is 0 Å². The van der Waals surface area contributed by atoms with Gasteiger partial charge in [0.05, 0.1) is 17.8 Å². The smallest absolute Gasteiger partial charge is 0.299 e. The number of carbonyl (C=O) groups excluding carboxylic acids is 2. The fourth-order valence-corrected chi connectivity index (χ4v) is 2.79. The normalized spacial score (nSPS) is 13.8. The highest BCUT2D eigenvalue weighted by Crippen LogP contribution is 2.33. The third kappa shape index (κ3) is 2.30. The van der Waals surface area contributed by atoms with Crippen LogP contribution in [-0.4, -0.2) is 11.7 Å². The van der Waals surface area contributed by atoms with Gasteiger partial charge in [-0.25, -0.2) is 4.39 Å². The number of hydrogen-bond acceptors (Lipinski definition) is 2. The number of fused-ring (bicyclic) bond motifs is 1. The topological polar surface area (TPSA) is 37.4 Å². The number of carbonyl (C=O) groups is 2. The third-order valence-electron chi connectivity index (χ3n) is 3.31. The zero-order chi connectivity index (χ0) is 15.1. The zero-order valence-corrected chi connectivity index (χ0v) is 12.1. The van der Waals surface area contributed by atoms with E-state index in [0.717, 1.165) is 6.07 Å². The lowest BCUT2D eigenvalue weighted by molar-refractivity contribution is -0.114. The lowest BCUT2D eigenvalue weighted by Crippen LogP contribution is -2.29. The summed E-state index contributed by atoms with van der Waals surface area (Å²) in [4.78, 5) is 25.2. The van der Waals surface area contributed by atoms with E-state index in [0.29, 0.717) is 21.3 Å². The van der Waals surface area contributed by atoms with Gasteiger partial charge in [-0.2, -0.15) is 0 Å². The molecular weight excluding hydrogens is 316 g/mol. The van der Waals surface area contributed by atoms with Crippen LogP contribution in [0.3, 0.4) is 0 Å². The van der Waals surface area contributed by atoms with Gasteiger partial charge in [0.15, 0.2) is 0 Å². The fraction of sp³-hybridized carbons (Fsp3) is 0.0667. The van der Waals surface area contributed by atoms with E-state index >= 15 is 0 Å². The second-order valence-corrected chi connectivity index (χ2v) is 5.40. The molecule has 3 rings (SSSR count). The highest BCUT2D eigenvalue weighted by atomic mass is 35.5. The van der Waals surface area contributed by atoms with E-state index in [9.17, 15) is 14.0 Å². The Labute approximate surface area is 129 Å². The average Bonchev–Trinajstić information content (AvgIpc) is 2.67. The summed E-state index contributed by atoms with van der Waals surface area (Å²) in [6.07, 6.45) is 0. The predicted octanol–water partition coefficient (Wildman–Crippen LogP) is 3.86. The van der Waals surface area contributed by atoms with Crippen LogP contribution in [0.25, 0.3) is 0 Å². The number of amides is 1. The van der Waals surface area contributed by atoms with Gasteiger partial charge in [0.2, 0.25) is 0 Å². The maximum atomic E-state index is 13.2. The molecule has 0 radical (unpaired) electrons. The summed E-state index contributed by atoms with van der Waals surface area (Å²) in [5, 5.41) is 0.802. The molecule has 106 valence electrons. The molecule has 1 aliphatic heterocycles. The van der Waals surface area contributed by atoms with E-state index in [-0.39, 0.29) is 12.1 Å². The Morgan fingerprint density at radius 1 is 1.05 bits per heavy atom. The van der Waals surface area contributed by atoms with Crippen molar-refractivity contribution in [2.24, 2.45) is 0 Å². The maximum Gasteiger partial charge on any atom is 0.299 e. The molecule has 0 saturated carbocycles. The van der Waals surface area contributed by atoms with Crippen LogP contribution in [0.2, 0.25) is 10.0 Å². The summed E-state index contributed by atoms with van der Waals surface area (Å²) < 4.78 is 13.2. The number of anilines is 1. The van der Waals surface area contributed by atoms with Crippen LogP contribution >= 0.6 is 23.2 Å². The Balaban J connectivity index is 2.05. The fourth-order valence-electron chi connectivity index (χ4n) is 2.27. The summed E-state index contributed by atoms with van der Waals surface area (Å²) in [6, 6.07) is 8.65. The Kier molecular flexibility index (Phi) is 3.43. The monoisotopic (exact) mass is 323 g/mol. The van der Waals surface area contributed by atoms with Crippen LogP contribution in [-0.2, 0) is 11.3 Å². The van der Waals surface area contributed by atoms with Crippen molar-refractivity contribution in [3.05, 3.63) is 63.4 Å². The molecule has 3 nitrogen and oxygen atoms in total. The van der Waals surface area contributed by atoms with Gasteiger partial charge in [0.1, 0.15) is 5.82 Å². The van der Waals surface area contributed by atoms with E-state index in [1.54, 1.807) is 18.2 Å². The average molecular weight is 324 g/mol. The molecule has 2 aromatic rings. The minimum Gasteiger partial charge on any atom is -0.300 e. The molecule has 21 heavy (non-hydrogen) atoms. The zero-order valence-electron chi connectivity index (χ0n) is 10.6. The van der Waals surface area contributed by atoms with E-state index in [1.165, 1.54) is 17.0 Å². The Morgan fingerprint density at radius 3 is 2.38 bits per heavy atom. The van der Waals surface area contributed by atoms with Gasteiger partial charge in [0, 0.05) is 15.6 Å². The van der Waals surface area contributed by atoms with E-state index in [2.05, 4.69) is 0 Å². The number of nitrogens with zero attached hydrogens (tertiary/aromatic N) is 1. The van der Waals surface area contributed by atoms with Gasteiger partial charge in [-0.3, -0.25) is 9.59 Å². The number of halogens is 3. The van der Waals surface area contributed by atoms with Gasteiger partial charge in [-0.1, -0.05) is 29.3 Å². The molecule has 0 aliphatic carbocycles. The van der Waals surface area contributed by atoms with Crippen molar-refractivity contribution in [3.8, 4) is 0 Å². The van der Waals surface area contributed by atoms with Crippen LogP contribution in [0, 0.1) is 5.82 Å². The van der Waals surface area contributed by atoms with Crippen molar-refractivity contribution < 1.29 is 14.0 Å². The second kappa shape index (κ2) is 5.13. The van der Waals surface area contributed by atoms with E-state index < -0.39 is 17.5 Å². The van der Waals surface area contributed by atoms with Crippen molar-refractivity contribution >= 4 is 40.6 Å². The Morgan fingerprint density at radius 2 is 1.71 bits per heavy atom. The van der Waals surface area contributed by atoms with Gasteiger partial charge >= 0.3 is 0 Å². The number of Topliss-reactive ketones (excluding diaryl/α,β-unsaturated/α-hetero) is 1. The lowest BCUT2D eigenvalue weighted by atomic mass is 10.1. The van der Waals surface area contributed by atoms with Crippen molar-refractivity contribution in [1.29, 1.82) is 0 Å². The Bertz CT molecular complexity index is 756. The van der Waals surface area contributed by atoms with E-state index in [1.807, 2.05) is 0 Å². The van der Waals surface area contributed by atoms with E-state index in [4.69, 9.17) is 23.2 Å². The number of rotatable bonds is 2. The molecule has 2 aromatic carbocycles. The second-order valence-electron chi connectivity index (χ2n) is 4.58. The first kappa shape index (κ1) is 14.0. The largest absolute Gasteiger partial charge is 0.300 e. The highest BCUT2D eigenvalue weighted by Gasteiger charge is 2.36. The molecule has 0 bridgehead atoms. The summed E-state index contributed by atoms with van der Waals surface area (Å²) >= 11 is 12.2. The van der Waals surface area contributed by atoms with Crippen LogP contribution in [0.15, 0.2) is 36.4 Å². The minimum atomic E-state index is -0.729. The van der Waals surface area contributed by atoms with Gasteiger partial charge in [0.25, 0.3) is 11.7 Å². The first-order valence-corrected chi connectivity index (χ1v) is 6.83. The number of benzene rings is 2. The highest BCUT2D eigenvalue weighted by molar-refractivity contribution is 6.52. The Hall–Kier alpha value is -1.91. The number of ketones is 1. The van der Waals surface area contributed by atoms with Crippen molar-refractivity contribution in [2.75, 3.05) is 4.90 Å². The molecule has 1 heterocycles. The molecule has 0 saturated heterocycles. The summed E-state index contributed by atoms with van der Waals surface area (Å²) in [6.45, 7) is 0.0573. The molecule has 0 spiro atoms. The minimum absolute atomic E-state index is 0.0573. The maximum absolute atomic E-state index is 13.2. The third-order valence-corrected chi connectivity index (χ3v) is 4.02. The molecule has 6 heteroatoms. The first-order chi connectivity index (χ1) is 9.99. The summed E-state index contributed by atoms with van der Waals surface area (Å²) in [7, 11) is 0. The van der Waals surface area contributed by atoms with Crippen LogP contribution in [0.1, 0.15) is 15.9 Å². The molecule has 0 unspecified atom stereocenters. The molecule has 0 aromatic heterocycles. The quantitative estimate of drug-likeness (QED) is 0.787. The van der Waals surface area contributed by atoms with Crippen molar-refractivity contribution in [2.45, 2.75) is 6.54 Å². The predicted molar refractivity (Wildman–Crippen MR) is 78.4 cm³/mol. The van der Waals surface area contributed by atoms with Crippen LogP contribution in [0.4, 0.5) is 10.1 Å². The lowest BCUT2D eigenvalue weighted by Gasteiger charge is -2.18. The van der Waals surface area contributed by atoms with Crippen LogP contribution < -0.4 is 4.90 Å². The first-order valence-electron chi connectivity index (χ1n) is 6.07. The molecule has 0 fully saturated rings. The summed E-state index contributed by atoms with van der Waals surface area (Å²) in [5.41, 5.74) is 0.963. The standard InChI is InChI=1S/C15H8Cl2FNO2/c16-11-2-1-3-12(17)10(11)7-19-13-5-4-8(18)6-9(13)14(20)15(19)21/h1-6H,7H2. The van der Waals surface area contributed by atoms with Gasteiger partial charge in [-0.05, 0) is 30.3 Å². The molecule has 1 aliphatic rings. The molecule has 0 atom stereocenters. The van der Waals surface area contributed by atoms with Gasteiger partial charge < -0.3 is 4.90 Å². The molecular formula is C15H8Cl2FNO2. The number of hydrogen-bond donors (Lipinski definition) is 0. The molecule has 1 amide bonds. The molecule has 0 N–H and O–H groups in total.